The van der Waals surface area contributed by atoms with E-state index in [9.17, 15) is 0 Å². The number of nitrogens with zero attached hydrogens (tertiary/aromatic N) is 1. The molecule has 0 aliphatic heterocycles. The van der Waals surface area contributed by atoms with Crippen molar-refractivity contribution in [2.75, 3.05) is 0 Å². The van der Waals surface area contributed by atoms with Crippen LogP contribution in [0, 0.1) is 0 Å². The molecule has 2 rings (SSSR count). The number of rotatable bonds is 3. The molecule has 1 heterocycles. The van der Waals surface area contributed by atoms with Crippen LogP contribution < -0.4 is 4.74 Å². The van der Waals surface area contributed by atoms with Gasteiger partial charge in [-0.2, -0.15) is 0 Å². The maximum atomic E-state index is 6.00. The Labute approximate surface area is 114 Å². The van der Waals surface area contributed by atoms with Gasteiger partial charge >= 0.3 is 0 Å². The van der Waals surface area contributed by atoms with Gasteiger partial charge in [0.15, 0.2) is 0 Å². The maximum Gasteiger partial charge on any atom is 0.223 e. The molecule has 1 aromatic carbocycles. The first-order valence-corrected chi connectivity index (χ1v) is 6.12. The number of benzene rings is 1. The molecule has 0 spiro atoms. The number of hydrogen-bond acceptors (Lipinski definition) is 2. The molecular formula is C12H8Cl3NO. The molecule has 2 nitrogen and oxygen atoms in total. The molecule has 0 amide bonds. The van der Waals surface area contributed by atoms with Crippen LogP contribution >= 0.6 is 34.8 Å². The van der Waals surface area contributed by atoms with E-state index >= 15 is 0 Å². The molecule has 0 fully saturated rings. The lowest BCUT2D eigenvalue weighted by Gasteiger charge is -2.09. The molecule has 0 saturated carbocycles. The molecule has 0 bridgehead atoms. The van der Waals surface area contributed by atoms with E-state index in [2.05, 4.69) is 4.98 Å². The third-order valence-electron chi connectivity index (χ3n) is 2.09. The zero-order valence-electron chi connectivity index (χ0n) is 8.66. The zero-order chi connectivity index (χ0) is 12.3. The summed E-state index contributed by atoms with van der Waals surface area (Å²) in [6.45, 7) is 0. The summed E-state index contributed by atoms with van der Waals surface area (Å²) in [5, 5.41) is 0.990. The number of hydrogen-bond donors (Lipinski definition) is 0. The second kappa shape index (κ2) is 5.58. The fourth-order valence-electron chi connectivity index (χ4n) is 1.28. The lowest BCUT2D eigenvalue weighted by molar-refractivity contribution is 0.458. The van der Waals surface area contributed by atoms with Crippen LogP contribution in [-0.4, -0.2) is 4.98 Å². The summed E-state index contributed by atoms with van der Waals surface area (Å²) < 4.78 is 5.60. The number of aromatic nitrogens is 1. The molecule has 1 aromatic heterocycles. The summed E-state index contributed by atoms with van der Waals surface area (Å²) in [6, 6.07) is 8.65. The summed E-state index contributed by atoms with van der Waals surface area (Å²) in [5.74, 6) is 1.28. The third-order valence-corrected chi connectivity index (χ3v) is 2.91. The first-order chi connectivity index (χ1) is 8.20. The van der Waals surface area contributed by atoms with E-state index in [0.717, 1.165) is 5.56 Å². The minimum Gasteiger partial charge on any atom is -0.437 e. The van der Waals surface area contributed by atoms with Gasteiger partial charge in [0.25, 0.3) is 0 Å². The number of pyridine rings is 1. The van der Waals surface area contributed by atoms with Crippen LogP contribution in [0.4, 0.5) is 0 Å². The molecule has 0 radical (unpaired) electrons. The van der Waals surface area contributed by atoms with Crippen LogP contribution in [0.25, 0.3) is 0 Å². The highest BCUT2D eigenvalue weighted by Crippen LogP contribution is 2.32. The predicted molar refractivity (Wildman–Crippen MR) is 70.3 cm³/mol. The molecule has 0 N–H and O–H groups in total. The average Bonchev–Trinajstić information content (AvgIpc) is 2.33. The Hall–Kier alpha value is -0.960. The summed E-state index contributed by atoms with van der Waals surface area (Å²) in [7, 11) is 0. The third kappa shape index (κ3) is 3.03. The first kappa shape index (κ1) is 12.5. The van der Waals surface area contributed by atoms with E-state index in [1.807, 2.05) is 6.07 Å². The summed E-state index contributed by atoms with van der Waals surface area (Å²) in [5.41, 5.74) is 0.806. The first-order valence-electron chi connectivity index (χ1n) is 4.83. The second-order valence-corrected chi connectivity index (χ2v) is 4.39. The lowest BCUT2D eigenvalue weighted by atomic mass is 10.3. The van der Waals surface area contributed by atoms with Gasteiger partial charge in [0.2, 0.25) is 5.88 Å². The van der Waals surface area contributed by atoms with E-state index in [1.165, 1.54) is 0 Å². The van der Waals surface area contributed by atoms with Crippen LogP contribution in [0.15, 0.2) is 36.5 Å². The van der Waals surface area contributed by atoms with Crippen molar-refractivity contribution in [1.82, 2.24) is 4.98 Å². The summed E-state index contributed by atoms with van der Waals surface area (Å²) in [4.78, 5) is 4.11. The largest absolute Gasteiger partial charge is 0.437 e. The molecule has 2 aromatic rings. The normalized spacial score (nSPS) is 10.3. The van der Waals surface area contributed by atoms with Gasteiger partial charge in [-0.25, -0.2) is 4.98 Å². The van der Waals surface area contributed by atoms with E-state index < -0.39 is 0 Å². The topological polar surface area (TPSA) is 22.1 Å². The molecule has 0 aliphatic carbocycles. The minimum absolute atomic E-state index is 0.328. The predicted octanol–water partition coefficient (Wildman–Crippen LogP) is 4.92. The van der Waals surface area contributed by atoms with Crippen molar-refractivity contribution in [2.45, 2.75) is 5.88 Å². The molecule has 88 valence electrons. The highest BCUT2D eigenvalue weighted by molar-refractivity contribution is 6.35. The van der Waals surface area contributed by atoms with Crippen LogP contribution in [0.5, 0.6) is 11.6 Å². The van der Waals surface area contributed by atoms with Gasteiger partial charge in [-0.05, 0) is 24.3 Å². The number of ether oxygens (including phenoxy) is 1. The van der Waals surface area contributed by atoms with E-state index in [1.54, 1.807) is 30.5 Å². The molecular weight excluding hydrogens is 280 g/mol. The Bertz CT molecular complexity index is 531. The van der Waals surface area contributed by atoms with Crippen molar-refractivity contribution < 1.29 is 4.74 Å². The van der Waals surface area contributed by atoms with Crippen molar-refractivity contribution in [3.8, 4) is 11.6 Å². The van der Waals surface area contributed by atoms with Crippen LogP contribution in [-0.2, 0) is 5.88 Å². The Kier molecular flexibility index (Phi) is 4.11. The van der Waals surface area contributed by atoms with Gasteiger partial charge in [-0.3, -0.25) is 0 Å². The number of halogens is 3. The standard InChI is InChI=1S/C12H8Cl3NO/c13-7-8-2-1-5-16-12(8)17-11-4-3-9(14)6-10(11)15/h1-6H,7H2. The second-order valence-electron chi connectivity index (χ2n) is 3.28. The zero-order valence-corrected chi connectivity index (χ0v) is 10.9. The average molecular weight is 289 g/mol. The van der Waals surface area contributed by atoms with Crippen molar-refractivity contribution in [2.24, 2.45) is 0 Å². The van der Waals surface area contributed by atoms with Crippen LogP contribution in [0.2, 0.25) is 10.0 Å². The Morgan fingerprint density at radius 3 is 2.71 bits per heavy atom. The van der Waals surface area contributed by atoms with E-state index in [0.29, 0.717) is 27.6 Å². The minimum atomic E-state index is 0.328. The SMILES string of the molecule is ClCc1cccnc1Oc1ccc(Cl)cc1Cl. The molecule has 0 aliphatic rings. The molecule has 5 heteroatoms. The smallest absolute Gasteiger partial charge is 0.223 e. The summed E-state index contributed by atoms with van der Waals surface area (Å²) >= 11 is 17.6. The van der Waals surface area contributed by atoms with Crippen LogP contribution in [0.3, 0.4) is 0 Å². The lowest BCUT2D eigenvalue weighted by Crippen LogP contribution is -1.92. The van der Waals surface area contributed by atoms with Gasteiger partial charge in [-0.1, -0.05) is 29.3 Å². The van der Waals surface area contributed by atoms with Crippen LogP contribution in [0.1, 0.15) is 5.56 Å². The molecule has 0 unspecified atom stereocenters. The maximum absolute atomic E-state index is 6.00. The highest BCUT2D eigenvalue weighted by Gasteiger charge is 2.08. The highest BCUT2D eigenvalue weighted by atomic mass is 35.5. The van der Waals surface area contributed by atoms with Gasteiger partial charge in [0.1, 0.15) is 5.75 Å². The van der Waals surface area contributed by atoms with Crippen molar-refractivity contribution >= 4 is 34.8 Å². The Balaban J connectivity index is 2.31. The summed E-state index contributed by atoms with van der Waals surface area (Å²) in [6.07, 6.45) is 1.63. The van der Waals surface area contributed by atoms with Crippen molar-refractivity contribution in [3.05, 3.63) is 52.1 Å². The van der Waals surface area contributed by atoms with E-state index in [-0.39, 0.29) is 0 Å². The van der Waals surface area contributed by atoms with Crippen molar-refractivity contribution in [3.63, 3.8) is 0 Å². The molecule has 17 heavy (non-hydrogen) atoms. The van der Waals surface area contributed by atoms with Gasteiger partial charge in [0.05, 0.1) is 10.9 Å². The monoisotopic (exact) mass is 287 g/mol. The molecule has 0 atom stereocenters. The van der Waals surface area contributed by atoms with Gasteiger partial charge in [-0.15, -0.1) is 11.6 Å². The molecule has 0 saturated heterocycles. The Morgan fingerprint density at radius 2 is 2.00 bits per heavy atom. The number of alkyl halides is 1. The Morgan fingerprint density at radius 1 is 1.18 bits per heavy atom. The van der Waals surface area contributed by atoms with Crippen molar-refractivity contribution in [1.29, 1.82) is 0 Å². The van der Waals surface area contributed by atoms with Gasteiger partial charge < -0.3 is 4.74 Å². The fraction of sp³-hybridized carbons (Fsp3) is 0.0833. The van der Waals surface area contributed by atoms with Gasteiger partial charge in [0, 0.05) is 16.8 Å². The van der Waals surface area contributed by atoms with E-state index in [4.69, 9.17) is 39.5 Å². The quantitative estimate of drug-likeness (QED) is 0.748. The fourth-order valence-corrected chi connectivity index (χ4v) is 1.93.